The predicted molar refractivity (Wildman–Crippen MR) is 104 cm³/mol. The molecule has 3 aromatic rings. The van der Waals surface area contributed by atoms with E-state index in [1.165, 1.54) is 18.2 Å². The van der Waals surface area contributed by atoms with E-state index in [9.17, 15) is 8.78 Å². The Balaban J connectivity index is 1.60. The zero-order valence-corrected chi connectivity index (χ0v) is 15.9. The summed E-state index contributed by atoms with van der Waals surface area (Å²) in [5, 5.41) is 11.9. The summed E-state index contributed by atoms with van der Waals surface area (Å²) in [5.74, 6) is 0.346. The maximum atomic E-state index is 14.8. The zero-order chi connectivity index (χ0) is 19.7. The van der Waals surface area contributed by atoms with Gasteiger partial charge >= 0.3 is 0 Å². The van der Waals surface area contributed by atoms with E-state index in [0.29, 0.717) is 30.3 Å². The molecule has 0 spiro atoms. The van der Waals surface area contributed by atoms with Crippen molar-refractivity contribution in [3.05, 3.63) is 65.5 Å². The number of rotatable bonds is 6. The van der Waals surface area contributed by atoms with Crippen molar-refractivity contribution in [3.63, 3.8) is 0 Å². The molecule has 28 heavy (non-hydrogen) atoms. The molecule has 5 nitrogen and oxygen atoms in total. The third-order valence-electron chi connectivity index (χ3n) is 5.03. The Kier molecular flexibility index (Phi) is 5.09. The van der Waals surface area contributed by atoms with Crippen molar-refractivity contribution in [1.29, 1.82) is 0 Å². The van der Waals surface area contributed by atoms with Gasteiger partial charge in [-0.3, -0.25) is 4.68 Å². The van der Waals surface area contributed by atoms with Gasteiger partial charge in [0.05, 0.1) is 12.2 Å². The van der Waals surface area contributed by atoms with Crippen LogP contribution in [-0.2, 0) is 13.5 Å². The lowest BCUT2D eigenvalue weighted by Gasteiger charge is -2.34. The number of anilines is 1. The molecule has 7 heteroatoms. The topological polar surface area (TPSA) is 56.8 Å². The molecule has 1 radical (unpaired) electrons. The third kappa shape index (κ3) is 3.75. The normalized spacial score (nSPS) is 18.7. The van der Waals surface area contributed by atoms with Crippen LogP contribution in [0.25, 0.3) is 11.3 Å². The third-order valence-corrected chi connectivity index (χ3v) is 5.03. The molecule has 2 unspecified atom stereocenters. The maximum Gasteiger partial charge on any atom is 0.150 e. The molecule has 145 valence electrons. The summed E-state index contributed by atoms with van der Waals surface area (Å²) in [5.41, 5.74) is 2.55. The number of hydrogen-bond donors (Lipinski definition) is 1. The molecule has 1 aromatic carbocycles. The van der Waals surface area contributed by atoms with Crippen molar-refractivity contribution >= 4 is 5.82 Å². The van der Waals surface area contributed by atoms with Gasteiger partial charge in [0.1, 0.15) is 23.1 Å². The molecular formula is C21H22F2N5. The fraction of sp³-hybridized carbons (Fsp3) is 0.333. The van der Waals surface area contributed by atoms with E-state index in [1.807, 2.05) is 6.07 Å². The molecule has 1 fully saturated rings. The van der Waals surface area contributed by atoms with E-state index < -0.39 is 0 Å². The van der Waals surface area contributed by atoms with E-state index in [-0.39, 0.29) is 23.4 Å². The van der Waals surface area contributed by atoms with Gasteiger partial charge < -0.3 is 5.32 Å². The summed E-state index contributed by atoms with van der Waals surface area (Å²) >= 11 is 0. The van der Waals surface area contributed by atoms with E-state index in [4.69, 9.17) is 0 Å². The van der Waals surface area contributed by atoms with Gasteiger partial charge in [-0.05, 0) is 36.1 Å². The lowest BCUT2D eigenvalue weighted by molar-refractivity contribution is 0.249. The van der Waals surface area contributed by atoms with Crippen LogP contribution >= 0.6 is 0 Å². The van der Waals surface area contributed by atoms with E-state index in [2.05, 4.69) is 27.6 Å². The molecule has 1 aliphatic heterocycles. The molecule has 0 amide bonds. The van der Waals surface area contributed by atoms with E-state index in [0.717, 1.165) is 17.7 Å². The number of nitrogens with one attached hydrogen (secondary N) is 1. The molecule has 0 bridgehead atoms. The Morgan fingerprint density at radius 2 is 2.11 bits per heavy atom. The average Bonchev–Trinajstić information content (AvgIpc) is 3.08. The number of nitrogens with zero attached hydrogens (tertiary/aromatic N) is 4. The Morgan fingerprint density at radius 1 is 1.25 bits per heavy atom. The summed E-state index contributed by atoms with van der Waals surface area (Å²) in [6.45, 7) is 3.43. The summed E-state index contributed by atoms with van der Waals surface area (Å²) in [6.07, 6.45) is 3.96. The largest absolute Gasteiger partial charge is 0.369 e. The highest BCUT2D eigenvalue weighted by Gasteiger charge is 2.32. The Morgan fingerprint density at radius 3 is 2.75 bits per heavy atom. The minimum atomic E-state index is -0.381. The number of halogens is 2. The van der Waals surface area contributed by atoms with Gasteiger partial charge in [-0.1, -0.05) is 19.1 Å². The number of aryl methyl sites for hydroxylation is 1. The Labute approximate surface area is 162 Å². The first-order valence-electron chi connectivity index (χ1n) is 9.35. The van der Waals surface area contributed by atoms with Crippen LogP contribution < -0.4 is 10.6 Å². The van der Waals surface area contributed by atoms with Crippen LogP contribution in [0, 0.1) is 17.6 Å². The van der Waals surface area contributed by atoms with E-state index >= 15 is 0 Å². The highest BCUT2D eigenvalue weighted by Crippen LogP contribution is 2.36. The SMILES string of the molecule is CC1C[N]C1c1cc(F)c(-c2cnn(C)c2)nc1NCCc1cccc(F)c1. The quantitative estimate of drug-likeness (QED) is 0.707. The van der Waals surface area contributed by atoms with Crippen molar-refractivity contribution in [2.75, 3.05) is 18.4 Å². The van der Waals surface area contributed by atoms with Crippen LogP contribution in [0.1, 0.15) is 24.1 Å². The lowest BCUT2D eigenvalue weighted by Crippen LogP contribution is -2.38. The van der Waals surface area contributed by atoms with Crippen LogP contribution in [0.3, 0.4) is 0 Å². The second-order valence-electron chi connectivity index (χ2n) is 7.25. The van der Waals surface area contributed by atoms with Gasteiger partial charge in [0.25, 0.3) is 0 Å². The number of aromatic nitrogens is 3. The van der Waals surface area contributed by atoms with Gasteiger partial charge in [0.15, 0.2) is 0 Å². The second kappa shape index (κ2) is 7.67. The molecule has 1 N–H and O–H groups in total. The second-order valence-corrected chi connectivity index (χ2v) is 7.25. The predicted octanol–water partition coefficient (Wildman–Crippen LogP) is 3.71. The summed E-state index contributed by atoms with van der Waals surface area (Å²) < 4.78 is 29.8. The average molecular weight is 382 g/mol. The minimum Gasteiger partial charge on any atom is -0.369 e. The number of pyridine rings is 1. The number of hydrogen-bond acceptors (Lipinski definition) is 3. The van der Waals surface area contributed by atoms with Crippen molar-refractivity contribution in [3.8, 4) is 11.3 Å². The molecule has 4 rings (SSSR count). The Hall–Kier alpha value is -2.80. The molecule has 2 atom stereocenters. The Bertz CT molecular complexity index is 985. The molecule has 0 saturated carbocycles. The highest BCUT2D eigenvalue weighted by atomic mass is 19.1. The highest BCUT2D eigenvalue weighted by molar-refractivity contribution is 5.63. The van der Waals surface area contributed by atoms with Crippen molar-refractivity contribution in [2.45, 2.75) is 19.4 Å². The summed E-state index contributed by atoms with van der Waals surface area (Å²) in [7, 11) is 1.78. The fourth-order valence-electron chi connectivity index (χ4n) is 3.46. The van der Waals surface area contributed by atoms with Crippen LogP contribution in [0.15, 0.2) is 42.7 Å². The molecule has 3 heterocycles. The van der Waals surface area contributed by atoms with Crippen molar-refractivity contribution in [1.82, 2.24) is 20.1 Å². The molecule has 0 aliphatic carbocycles. The first-order chi connectivity index (χ1) is 13.5. The molecule has 1 aliphatic rings. The molecule has 2 aromatic heterocycles. The first-order valence-corrected chi connectivity index (χ1v) is 9.35. The summed E-state index contributed by atoms with van der Waals surface area (Å²) in [6, 6.07) is 8.00. The van der Waals surface area contributed by atoms with Gasteiger partial charge in [-0.25, -0.2) is 19.1 Å². The van der Waals surface area contributed by atoms with Crippen LogP contribution in [-0.4, -0.2) is 27.9 Å². The van der Waals surface area contributed by atoms with Gasteiger partial charge in [-0.2, -0.15) is 5.10 Å². The van der Waals surface area contributed by atoms with Gasteiger partial charge in [0.2, 0.25) is 0 Å². The fourth-order valence-corrected chi connectivity index (χ4v) is 3.46. The summed E-state index contributed by atoms with van der Waals surface area (Å²) in [4.78, 5) is 4.57. The number of benzene rings is 1. The van der Waals surface area contributed by atoms with E-state index in [1.54, 1.807) is 30.2 Å². The molecular weight excluding hydrogens is 360 g/mol. The van der Waals surface area contributed by atoms with Crippen LogP contribution in [0.5, 0.6) is 0 Å². The van der Waals surface area contributed by atoms with Crippen molar-refractivity contribution in [2.24, 2.45) is 13.0 Å². The maximum absolute atomic E-state index is 14.8. The standard InChI is InChI=1S/C21H22F2N5/c1-13-10-25-19(13)17-9-18(23)20(15-11-26-28(2)12-15)27-21(17)24-7-6-14-4-3-5-16(22)8-14/h3-5,8-9,11-13,19H,6-7,10H2,1-2H3,(H,24,27). The van der Waals surface area contributed by atoms with Crippen molar-refractivity contribution < 1.29 is 8.78 Å². The van der Waals surface area contributed by atoms with Gasteiger partial charge in [-0.15, -0.1) is 0 Å². The minimum absolute atomic E-state index is 0.0541. The smallest absolute Gasteiger partial charge is 0.150 e. The lowest BCUT2D eigenvalue weighted by atomic mass is 9.87. The zero-order valence-electron chi connectivity index (χ0n) is 15.9. The molecule has 1 saturated heterocycles. The van der Waals surface area contributed by atoms with Crippen LogP contribution in [0.4, 0.5) is 14.6 Å². The van der Waals surface area contributed by atoms with Crippen LogP contribution in [0.2, 0.25) is 0 Å². The van der Waals surface area contributed by atoms with Gasteiger partial charge in [0, 0.05) is 37.5 Å². The first kappa shape index (κ1) is 18.6. The monoisotopic (exact) mass is 382 g/mol.